The number of aromatic amines is 1. The Morgan fingerprint density at radius 1 is 1.21 bits per heavy atom. The topological polar surface area (TPSA) is 57.8 Å². The van der Waals surface area contributed by atoms with Crippen LogP contribution in [-0.4, -0.2) is 15.9 Å². The number of nitrogens with one attached hydrogen (secondary N) is 2. The lowest BCUT2D eigenvalue weighted by Gasteiger charge is -2.04. The molecule has 0 aliphatic rings. The lowest BCUT2D eigenvalue weighted by atomic mass is 10.1. The maximum Gasteiger partial charge on any atom is 0.256 e. The van der Waals surface area contributed by atoms with Crippen molar-refractivity contribution in [2.24, 2.45) is 0 Å². The number of H-pyrrole nitrogens is 1. The van der Waals surface area contributed by atoms with Crippen molar-refractivity contribution in [3.05, 3.63) is 60.2 Å². The minimum Gasteiger partial charge on any atom is -0.361 e. The van der Waals surface area contributed by atoms with Crippen molar-refractivity contribution in [2.75, 3.05) is 5.32 Å². The Morgan fingerprint density at radius 2 is 2.11 bits per heavy atom. The van der Waals surface area contributed by atoms with Gasteiger partial charge in [0.15, 0.2) is 0 Å². The largest absolute Gasteiger partial charge is 0.361 e. The highest BCUT2D eigenvalue weighted by molar-refractivity contribution is 6.05. The van der Waals surface area contributed by atoms with Crippen LogP contribution in [0.3, 0.4) is 0 Å². The molecule has 0 bridgehead atoms. The average molecular weight is 255 g/mol. The molecule has 4 nitrogen and oxygen atoms in total. The van der Waals surface area contributed by atoms with E-state index < -0.39 is 5.82 Å². The minimum atomic E-state index is -0.439. The summed E-state index contributed by atoms with van der Waals surface area (Å²) in [5.41, 5.74) is 1.40. The average Bonchev–Trinajstić information content (AvgIpc) is 2.88. The number of aromatic nitrogens is 2. The van der Waals surface area contributed by atoms with Gasteiger partial charge in [-0.25, -0.2) is 9.37 Å². The van der Waals surface area contributed by atoms with Crippen LogP contribution in [0.4, 0.5) is 10.2 Å². The molecule has 0 radical (unpaired) electrons. The molecule has 0 aliphatic carbocycles. The lowest BCUT2D eigenvalue weighted by molar-refractivity contribution is 0.102. The third kappa shape index (κ3) is 2.30. The Hall–Kier alpha value is -2.69. The second-order valence-electron chi connectivity index (χ2n) is 4.10. The van der Waals surface area contributed by atoms with Crippen molar-refractivity contribution in [2.45, 2.75) is 0 Å². The number of carbonyl (C=O) groups excluding carboxylic acids is 1. The van der Waals surface area contributed by atoms with E-state index >= 15 is 0 Å². The zero-order chi connectivity index (χ0) is 13.2. The van der Waals surface area contributed by atoms with Gasteiger partial charge in [0.05, 0.1) is 6.20 Å². The van der Waals surface area contributed by atoms with Gasteiger partial charge in [0.1, 0.15) is 11.6 Å². The number of benzene rings is 1. The van der Waals surface area contributed by atoms with Crippen LogP contribution < -0.4 is 5.32 Å². The molecular formula is C14H10FN3O. The van der Waals surface area contributed by atoms with E-state index in [-0.39, 0.29) is 5.91 Å². The third-order valence-electron chi connectivity index (χ3n) is 2.79. The Balaban J connectivity index is 1.84. The molecule has 5 heteroatoms. The predicted molar refractivity (Wildman–Crippen MR) is 70.4 cm³/mol. The molecule has 3 aromatic rings. The molecule has 0 saturated heterocycles. The van der Waals surface area contributed by atoms with Crippen LogP contribution in [0.15, 0.2) is 48.8 Å². The number of halogens is 1. The highest BCUT2D eigenvalue weighted by Crippen LogP contribution is 2.15. The first-order chi connectivity index (χ1) is 9.22. The van der Waals surface area contributed by atoms with Gasteiger partial charge in [-0.05, 0) is 35.7 Å². The summed E-state index contributed by atoms with van der Waals surface area (Å²) in [7, 11) is 0. The monoisotopic (exact) mass is 255 g/mol. The summed E-state index contributed by atoms with van der Waals surface area (Å²) in [6.45, 7) is 0. The summed E-state index contributed by atoms with van der Waals surface area (Å²) in [4.78, 5) is 18.8. The van der Waals surface area contributed by atoms with E-state index in [9.17, 15) is 9.18 Å². The van der Waals surface area contributed by atoms with Crippen LogP contribution in [0.5, 0.6) is 0 Å². The van der Waals surface area contributed by atoms with Crippen molar-refractivity contribution in [3.8, 4) is 0 Å². The second-order valence-corrected chi connectivity index (χ2v) is 4.10. The Labute approximate surface area is 108 Å². The molecule has 0 spiro atoms. The summed E-state index contributed by atoms with van der Waals surface area (Å²) in [6, 6.07) is 9.94. The van der Waals surface area contributed by atoms with Gasteiger partial charge in [-0.1, -0.05) is 6.07 Å². The molecule has 0 fully saturated rings. The van der Waals surface area contributed by atoms with Crippen molar-refractivity contribution in [3.63, 3.8) is 0 Å². The zero-order valence-electron chi connectivity index (χ0n) is 9.85. The fraction of sp³-hybridized carbons (Fsp3) is 0. The molecule has 0 saturated carbocycles. The second kappa shape index (κ2) is 4.53. The number of anilines is 1. The molecule has 2 heterocycles. The summed E-state index contributed by atoms with van der Waals surface area (Å²) >= 11 is 0. The molecule has 3 rings (SSSR count). The molecule has 0 aliphatic heterocycles. The fourth-order valence-electron chi connectivity index (χ4n) is 1.83. The number of hydrogen-bond acceptors (Lipinski definition) is 2. The van der Waals surface area contributed by atoms with E-state index in [2.05, 4.69) is 15.3 Å². The van der Waals surface area contributed by atoms with E-state index in [4.69, 9.17) is 0 Å². The zero-order valence-corrected chi connectivity index (χ0v) is 9.85. The van der Waals surface area contributed by atoms with Crippen molar-refractivity contribution in [1.82, 2.24) is 9.97 Å². The molecule has 94 valence electrons. The van der Waals surface area contributed by atoms with Crippen LogP contribution in [0.25, 0.3) is 10.9 Å². The molecule has 1 aromatic carbocycles. The smallest absolute Gasteiger partial charge is 0.256 e. The number of hydrogen-bond donors (Lipinski definition) is 2. The quantitative estimate of drug-likeness (QED) is 0.739. The van der Waals surface area contributed by atoms with E-state index in [0.29, 0.717) is 11.4 Å². The van der Waals surface area contributed by atoms with Crippen LogP contribution >= 0.6 is 0 Å². The maximum atomic E-state index is 12.7. The molecule has 19 heavy (non-hydrogen) atoms. The molecule has 0 unspecified atom stereocenters. The van der Waals surface area contributed by atoms with E-state index in [1.54, 1.807) is 12.1 Å². The Morgan fingerprint density at radius 3 is 2.89 bits per heavy atom. The SMILES string of the molecule is O=C(Nc1ccc(F)cn1)c1ccc2cc[nH]c2c1. The standard InChI is InChI=1S/C14H10FN3O/c15-11-3-4-13(17-8-11)18-14(19)10-2-1-9-5-6-16-12(9)7-10/h1-8,16H,(H,17,18,19). The highest BCUT2D eigenvalue weighted by Gasteiger charge is 2.08. The fourth-order valence-corrected chi connectivity index (χ4v) is 1.83. The van der Waals surface area contributed by atoms with Gasteiger partial charge in [0.25, 0.3) is 5.91 Å². The number of pyridine rings is 1. The third-order valence-corrected chi connectivity index (χ3v) is 2.79. The number of rotatable bonds is 2. The summed E-state index contributed by atoms with van der Waals surface area (Å²) in [5, 5.41) is 3.65. The lowest BCUT2D eigenvalue weighted by Crippen LogP contribution is -2.12. The number of nitrogens with zero attached hydrogens (tertiary/aromatic N) is 1. The van der Waals surface area contributed by atoms with E-state index in [1.807, 2.05) is 18.3 Å². The molecule has 2 aromatic heterocycles. The van der Waals surface area contributed by atoms with E-state index in [0.717, 1.165) is 17.1 Å². The van der Waals surface area contributed by atoms with Crippen LogP contribution in [0.1, 0.15) is 10.4 Å². The number of amides is 1. The van der Waals surface area contributed by atoms with Gasteiger partial charge in [-0.15, -0.1) is 0 Å². The first-order valence-electron chi connectivity index (χ1n) is 5.72. The number of carbonyl (C=O) groups is 1. The molecular weight excluding hydrogens is 245 g/mol. The van der Waals surface area contributed by atoms with Crippen molar-refractivity contribution < 1.29 is 9.18 Å². The normalized spacial score (nSPS) is 10.6. The Bertz CT molecular complexity index is 734. The maximum absolute atomic E-state index is 12.7. The van der Waals surface area contributed by atoms with Crippen LogP contribution in [0.2, 0.25) is 0 Å². The van der Waals surface area contributed by atoms with Crippen LogP contribution in [0, 0.1) is 5.82 Å². The Kier molecular flexibility index (Phi) is 2.72. The summed E-state index contributed by atoms with van der Waals surface area (Å²) in [6.07, 6.45) is 2.87. The molecule has 1 amide bonds. The first-order valence-corrected chi connectivity index (χ1v) is 5.72. The molecule has 2 N–H and O–H groups in total. The highest BCUT2D eigenvalue weighted by atomic mass is 19.1. The van der Waals surface area contributed by atoms with Gasteiger partial charge >= 0.3 is 0 Å². The first kappa shape index (κ1) is 11.4. The van der Waals surface area contributed by atoms with Gasteiger partial charge in [0.2, 0.25) is 0 Å². The van der Waals surface area contributed by atoms with Gasteiger partial charge < -0.3 is 10.3 Å². The van der Waals surface area contributed by atoms with Gasteiger partial charge in [-0.3, -0.25) is 4.79 Å². The van der Waals surface area contributed by atoms with Crippen molar-refractivity contribution >= 4 is 22.6 Å². The molecule has 0 atom stereocenters. The number of fused-ring (bicyclic) bond motifs is 1. The van der Waals surface area contributed by atoms with Crippen molar-refractivity contribution in [1.29, 1.82) is 0 Å². The summed E-state index contributed by atoms with van der Waals surface area (Å²) in [5.74, 6) is -0.403. The van der Waals surface area contributed by atoms with Gasteiger partial charge in [-0.2, -0.15) is 0 Å². The van der Waals surface area contributed by atoms with E-state index in [1.165, 1.54) is 12.1 Å². The minimum absolute atomic E-state index is 0.282. The summed E-state index contributed by atoms with van der Waals surface area (Å²) < 4.78 is 12.7. The van der Waals surface area contributed by atoms with Crippen LogP contribution in [-0.2, 0) is 0 Å². The van der Waals surface area contributed by atoms with Gasteiger partial charge in [0, 0.05) is 17.3 Å². The predicted octanol–water partition coefficient (Wildman–Crippen LogP) is 2.95.